The van der Waals surface area contributed by atoms with Crippen LogP contribution in [0.1, 0.15) is 71.0 Å². The molecule has 2 aliphatic heterocycles. The molecule has 0 bridgehead atoms. The summed E-state index contributed by atoms with van der Waals surface area (Å²) >= 11 is 0. The van der Waals surface area contributed by atoms with Crippen LogP contribution in [0, 0.1) is 5.92 Å². The van der Waals surface area contributed by atoms with E-state index in [0.717, 1.165) is 81.9 Å². The average molecular weight is 396 g/mol. The van der Waals surface area contributed by atoms with Gasteiger partial charge in [0.1, 0.15) is 11.6 Å². The minimum Gasteiger partial charge on any atom is -0.360 e. The Morgan fingerprint density at radius 3 is 2.83 bits per heavy atom. The molecule has 0 unspecified atom stereocenters. The Bertz CT molecular complexity index is 916. The van der Waals surface area contributed by atoms with Crippen molar-refractivity contribution in [1.29, 1.82) is 0 Å². The van der Waals surface area contributed by atoms with Gasteiger partial charge in [-0.15, -0.1) is 0 Å². The third-order valence-electron chi connectivity index (χ3n) is 6.78. The molecule has 4 heterocycles. The molecule has 0 aromatic carbocycles. The lowest BCUT2D eigenvalue weighted by Gasteiger charge is -2.32. The van der Waals surface area contributed by atoms with E-state index in [9.17, 15) is 4.79 Å². The van der Waals surface area contributed by atoms with Gasteiger partial charge in [-0.05, 0) is 38.6 Å². The molecule has 0 N–H and O–H groups in total. The van der Waals surface area contributed by atoms with Crippen molar-refractivity contribution in [3.8, 4) is 0 Å². The molecule has 2 aromatic heterocycles. The maximum absolute atomic E-state index is 13.1. The number of likely N-dealkylation sites (N-methyl/N-ethyl adjacent to an activating group) is 1. The van der Waals surface area contributed by atoms with E-state index in [1.54, 1.807) is 0 Å². The van der Waals surface area contributed by atoms with Crippen LogP contribution in [0.5, 0.6) is 0 Å². The summed E-state index contributed by atoms with van der Waals surface area (Å²) in [5.41, 5.74) is 4.04. The van der Waals surface area contributed by atoms with E-state index in [1.807, 2.05) is 11.1 Å². The minimum absolute atomic E-state index is 0.0250. The van der Waals surface area contributed by atoms with Crippen molar-refractivity contribution in [2.45, 2.75) is 57.9 Å². The van der Waals surface area contributed by atoms with Crippen LogP contribution in [0.4, 0.5) is 0 Å². The molecule has 1 amide bonds. The summed E-state index contributed by atoms with van der Waals surface area (Å²) in [6, 6.07) is 0. The van der Waals surface area contributed by atoms with Crippen molar-refractivity contribution < 1.29 is 9.32 Å². The molecule has 7 nitrogen and oxygen atoms in total. The topological polar surface area (TPSA) is 75.4 Å². The molecule has 29 heavy (non-hydrogen) atoms. The number of nitrogens with zero attached hydrogens (tertiary/aromatic N) is 5. The SMILES string of the molecule is C[C@@H]1CCc2onc(C(=O)N3CCC(c4ncc5c(n4)CCN(C)C5)CC3)c2C1. The number of aryl methyl sites for hydroxylation is 1. The number of rotatable bonds is 2. The summed E-state index contributed by atoms with van der Waals surface area (Å²) in [5, 5.41) is 4.14. The summed E-state index contributed by atoms with van der Waals surface area (Å²) < 4.78 is 5.48. The lowest BCUT2D eigenvalue weighted by Crippen LogP contribution is -2.39. The highest BCUT2D eigenvalue weighted by Gasteiger charge is 2.32. The van der Waals surface area contributed by atoms with Crippen LogP contribution in [0.25, 0.3) is 0 Å². The van der Waals surface area contributed by atoms with Gasteiger partial charge >= 0.3 is 0 Å². The zero-order chi connectivity index (χ0) is 20.0. The first-order chi connectivity index (χ1) is 14.1. The second-order valence-corrected chi connectivity index (χ2v) is 9.04. The number of aromatic nitrogens is 3. The van der Waals surface area contributed by atoms with Gasteiger partial charge in [0.25, 0.3) is 5.91 Å². The number of fused-ring (bicyclic) bond motifs is 2. The van der Waals surface area contributed by atoms with Gasteiger partial charge < -0.3 is 14.3 Å². The van der Waals surface area contributed by atoms with Crippen LogP contribution >= 0.6 is 0 Å². The van der Waals surface area contributed by atoms with Crippen molar-refractivity contribution in [2.24, 2.45) is 5.92 Å². The molecule has 1 aliphatic carbocycles. The predicted octanol–water partition coefficient (Wildman–Crippen LogP) is 2.60. The Kier molecular flexibility index (Phi) is 4.86. The number of hydrogen-bond acceptors (Lipinski definition) is 6. The van der Waals surface area contributed by atoms with Crippen LogP contribution in [0.15, 0.2) is 10.7 Å². The van der Waals surface area contributed by atoms with Crippen LogP contribution < -0.4 is 0 Å². The smallest absolute Gasteiger partial charge is 0.276 e. The molecule has 0 spiro atoms. The molecule has 5 rings (SSSR count). The summed E-state index contributed by atoms with van der Waals surface area (Å²) in [4.78, 5) is 26.9. The molecule has 7 heteroatoms. The van der Waals surface area contributed by atoms with Gasteiger partial charge in [-0.2, -0.15) is 0 Å². The standard InChI is InChI=1S/C22H29N5O2/c1-14-3-4-19-17(11-14)20(25-29-19)22(28)27-9-5-15(6-10-27)21-23-12-16-13-26(2)8-7-18(16)24-21/h12,14-15H,3-11,13H2,1-2H3/t14-/m1/s1. The van der Waals surface area contributed by atoms with E-state index in [4.69, 9.17) is 9.51 Å². The summed E-state index contributed by atoms with van der Waals surface area (Å²) in [7, 11) is 2.14. The van der Waals surface area contributed by atoms with Crippen LogP contribution in [0.3, 0.4) is 0 Å². The van der Waals surface area contributed by atoms with E-state index >= 15 is 0 Å². The number of hydrogen-bond donors (Lipinski definition) is 0. The van der Waals surface area contributed by atoms with Gasteiger partial charge in [-0.1, -0.05) is 12.1 Å². The van der Waals surface area contributed by atoms with Gasteiger partial charge in [0.15, 0.2) is 5.69 Å². The first kappa shape index (κ1) is 18.7. The monoisotopic (exact) mass is 395 g/mol. The van der Waals surface area contributed by atoms with Gasteiger partial charge in [0.2, 0.25) is 0 Å². The zero-order valence-electron chi connectivity index (χ0n) is 17.4. The van der Waals surface area contributed by atoms with Crippen LogP contribution in [-0.2, 0) is 25.8 Å². The van der Waals surface area contributed by atoms with E-state index in [-0.39, 0.29) is 5.91 Å². The van der Waals surface area contributed by atoms with Gasteiger partial charge in [0.05, 0.1) is 0 Å². The minimum atomic E-state index is 0.0250. The van der Waals surface area contributed by atoms with Gasteiger partial charge in [-0.3, -0.25) is 4.79 Å². The molecule has 1 fully saturated rings. The molecule has 1 atom stereocenters. The highest BCUT2D eigenvalue weighted by molar-refractivity contribution is 5.94. The zero-order valence-corrected chi connectivity index (χ0v) is 17.4. The average Bonchev–Trinajstić information content (AvgIpc) is 3.16. The van der Waals surface area contributed by atoms with Gasteiger partial charge in [-0.25, -0.2) is 9.97 Å². The first-order valence-corrected chi connectivity index (χ1v) is 10.9. The Labute approximate surface area is 171 Å². The maximum atomic E-state index is 13.1. The van der Waals surface area contributed by atoms with Crippen molar-refractivity contribution in [2.75, 3.05) is 26.7 Å². The highest BCUT2D eigenvalue weighted by atomic mass is 16.5. The van der Waals surface area contributed by atoms with Crippen LogP contribution in [0.2, 0.25) is 0 Å². The van der Waals surface area contributed by atoms with Crippen molar-refractivity contribution in [3.63, 3.8) is 0 Å². The normalized spacial score (nSPS) is 23.0. The predicted molar refractivity (Wildman–Crippen MR) is 108 cm³/mol. The molecule has 1 saturated heterocycles. The second kappa shape index (κ2) is 7.52. The Hall–Kier alpha value is -2.28. The number of carbonyl (C=O) groups excluding carboxylic acids is 1. The fourth-order valence-corrected chi connectivity index (χ4v) is 4.91. The number of piperidine rings is 1. The number of carbonyl (C=O) groups is 1. The maximum Gasteiger partial charge on any atom is 0.276 e. The Morgan fingerprint density at radius 1 is 1.17 bits per heavy atom. The van der Waals surface area contributed by atoms with Crippen LogP contribution in [-0.4, -0.2) is 57.5 Å². The summed E-state index contributed by atoms with van der Waals surface area (Å²) in [6.07, 6.45) is 7.71. The van der Waals surface area contributed by atoms with Crippen molar-refractivity contribution >= 4 is 5.91 Å². The third kappa shape index (κ3) is 3.56. The van der Waals surface area contributed by atoms with Crippen molar-refractivity contribution in [3.05, 3.63) is 40.3 Å². The molecule has 0 saturated carbocycles. The third-order valence-corrected chi connectivity index (χ3v) is 6.78. The summed E-state index contributed by atoms with van der Waals surface area (Å²) in [5.74, 6) is 2.80. The van der Waals surface area contributed by atoms with E-state index in [2.05, 4.69) is 29.0 Å². The number of amides is 1. The second-order valence-electron chi connectivity index (χ2n) is 9.04. The molecule has 2 aromatic rings. The number of likely N-dealkylation sites (tertiary alicyclic amines) is 1. The first-order valence-electron chi connectivity index (χ1n) is 10.9. The van der Waals surface area contributed by atoms with Crippen molar-refractivity contribution in [1.82, 2.24) is 24.9 Å². The lowest BCUT2D eigenvalue weighted by molar-refractivity contribution is 0.0699. The molecule has 154 valence electrons. The Morgan fingerprint density at radius 2 is 2.00 bits per heavy atom. The quantitative estimate of drug-likeness (QED) is 0.778. The van der Waals surface area contributed by atoms with E-state index in [1.165, 1.54) is 11.3 Å². The largest absolute Gasteiger partial charge is 0.360 e. The molecular weight excluding hydrogens is 366 g/mol. The summed E-state index contributed by atoms with van der Waals surface area (Å²) in [6.45, 7) is 5.67. The van der Waals surface area contributed by atoms with E-state index in [0.29, 0.717) is 17.5 Å². The van der Waals surface area contributed by atoms with Gasteiger partial charge in [0, 0.05) is 68.0 Å². The molecular formula is C22H29N5O2. The lowest BCUT2D eigenvalue weighted by atomic mass is 9.88. The molecule has 0 radical (unpaired) electrons. The Balaban J connectivity index is 1.25. The fourth-order valence-electron chi connectivity index (χ4n) is 4.91. The highest BCUT2D eigenvalue weighted by Crippen LogP contribution is 2.31. The fraction of sp³-hybridized carbons (Fsp3) is 0.636. The molecule has 3 aliphatic rings. The van der Waals surface area contributed by atoms with E-state index < -0.39 is 0 Å².